The summed E-state index contributed by atoms with van der Waals surface area (Å²) in [6.45, 7) is 3.39. The molecule has 0 radical (unpaired) electrons. The van der Waals surface area contributed by atoms with Crippen molar-refractivity contribution in [2.24, 2.45) is 5.73 Å². The smallest absolute Gasteiger partial charge is 0.119 e. The number of nitrogens with two attached hydrogens (primary N) is 1. The molecule has 2 aliphatic carbocycles. The van der Waals surface area contributed by atoms with Gasteiger partial charge in [0.15, 0.2) is 0 Å². The van der Waals surface area contributed by atoms with E-state index in [1.54, 1.807) is 0 Å². The Morgan fingerprint density at radius 2 is 2.03 bits per heavy atom. The van der Waals surface area contributed by atoms with Gasteiger partial charge in [0.2, 0.25) is 0 Å². The van der Waals surface area contributed by atoms with Gasteiger partial charge in [-0.25, -0.2) is 0 Å². The van der Waals surface area contributed by atoms with Crippen LogP contribution < -0.4 is 10.5 Å². The molecule has 29 heavy (non-hydrogen) atoms. The highest BCUT2D eigenvalue weighted by Crippen LogP contribution is 2.40. The van der Waals surface area contributed by atoms with Crippen LogP contribution in [-0.4, -0.2) is 30.0 Å². The topological polar surface area (TPSA) is 64.7 Å². The van der Waals surface area contributed by atoms with Crippen LogP contribution in [0.25, 0.3) is 0 Å². The summed E-state index contributed by atoms with van der Waals surface area (Å²) in [5.41, 5.74) is 11.3. The highest BCUT2D eigenvalue weighted by molar-refractivity contribution is 5.37. The van der Waals surface area contributed by atoms with Gasteiger partial charge in [-0.15, -0.1) is 0 Å². The Balaban J connectivity index is 1.35. The molecule has 3 N–H and O–H groups in total. The zero-order valence-corrected chi connectivity index (χ0v) is 17.4. The van der Waals surface area contributed by atoms with Gasteiger partial charge < -0.3 is 20.3 Å². The van der Waals surface area contributed by atoms with Crippen LogP contribution >= 0.6 is 0 Å². The molecule has 1 fully saturated rings. The SMILES string of the molecule is CCOc1cccc(CO[C@@H]2CCc3cc([C@H]4CC[C@](N)(CO)C4)ccc3C2)c1. The van der Waals surface area contributed by atoms with Crippen molar-refractivity contribution in [3.8, 4) is 5.75 Å². The van der Waals surface area contributed by atoms with Crippen LogP contribution in [0.15, 0.2) is 42.5 Å². The van der Waals surface area contributed by atoms with Gasteiger partial charge in [0.1, 0.15) is 5.75 Å². The first-order chi connectivity index (χ1) is 14.1. The number of fused-ring (bicyclic) bond motifs is 1. The van der Waals surface area contributed by atoms with E-state index >= 15 is 0 Å². The number of aryl methyl sites for hydroxylation is 1. The van der Waals surface area contributed by atoms with Gasteiger partial charge in [-0.3, -0.25) is 0 Å². The summed E-state index contributed by atoms with van der Waals surface area (Å²) in [5.74, 6) is 1.38. The Morgan fingerprint density at radius 1 is 1.14 bits per heavy atom. The minimum absolute atomic E-state index is 0.0843. The Hall–Kier alpha value is -1.88. The molecule has 1 saturated carbocycles. The van der Waals surface area contributed by atoms with E-state index in [0.29, 0.717) is 19.1 Å². The molecule has 0 bridgehead atoms. The van der Waals surface area contributed by atoms with Crippen molar-refractivity contribution in [2.75, 3.05) is 13.2 Å². The zero-order chi connectivity index (χ0) is 20.3. The molecule has 4 heteroatoms. The Labute approximate surface area is 174 Å². The minimum atomic E-state index is -0.390. The summed E-state index contributed by atoms with van der Waals surface area (Å²) in [4.78, 5) is 0. The molecule has 4 rings (SSSR count). The highest BCUT2D eigenvalue weighted by Gasteiger charge is 2.36. The average Bonchev–Trinajstić information content (AvgIpc) is 3.15. The largest absolute Gasteiger partial charge is 0.494 e. The Kier molecular flexibility index (Phi) is 6.23. The fourth-order valence-corrected chi connectivity index (χ4v) is 4.83. The number of aliphatic hydroxyl groups is 1. The van der Waals surface area contributed by atoms with Crippen molar-refractivity contribution in [3.63, 3.8) is 0 Å². The van der Waals surface area contributed by atoms with E-state index in [4.69, 9.17) is 15.2 Å². The van der Waals surface area contributed by atoms with E-state index in [-0.39, 0.29) is 18.2 Å². The first-order valence-corrected chi connectivity index (χ1v) is 10.9. The molecule has 4 nitrogen and oxygen atoms in total. The molecule has 0 unspecified atom stereocenters. The summed E-state index contributed by atoms with van der Waals surface area (Å²) in [6.07, 6.45) is 6.23. The monoisotopic (exact) mass is 395 g/mol. The third kappa shape index (κ3) is 4.82. The van der Waals surface area contributed by atoms with Crippen LogP contribution in [0.4, 0.5) is 0 Å². The zero-order valence-electron chi connectivity index (χ0n) is 17.4. The molecule has 0 aliphatic heterocycles. The van der Waals surface area contributed by atoms with Crippen LogP contribution in [0.2, 0.25) is 0 Å². The Bertz CT molecular complexity index is 837. The molecule has 156 valence electrons. The van der Waals surface area contributed by atoms with Crippen LogP contribution in [-0.2, 0) is 24.2 Å². The third-order valence-electron chi connectivity index (χ3n) is 6.54. The predicted octanol–water partition coefficient (Wildman–Crippen LogP) is 4.12. The van der Waals surface area contributed by atoms with Crippen molar-refractivity contribution in [1.29, 1.82) is 0 Å². The molecule has 0 amide bonds. The van der Waals surface area contributed by atoms with Gasteiger partial charge in [-0.05, 0) is 85.8 Å². The first-order valence-electron chi connectivity index (χ1n) is 10.9. The number of ether oxygens (including phenoxy) is 2. The normalized spacial score (nSPS) is 26.3. The number of hydrogen-bond donors (Lipinski definition) is 2. The van der Waals surface area contributed by atoms with Crippen molar-refractivity contribution >= 4 is 0 Å². The van der Waals surface area contributed by atoms with E-state index in [0.717, 1.165) is 49.8 Å². The van der Waals surface area contributed by atoms with E-state index < -0.39 is 0 Å². The van der Waals surface area contributed by atoms with Gasteiger partial charge in [-0.2, -0.15) is 0 Å². The van der Waals surface area contributed by atoms with Crippen molar-refractivity contribution < 1.29 is 14.6 Å². The minimum Gasteiger partial charge on any atom is -0.494 e. The fourth-order valence-electron chi connectivity index (χ4n) is 4.83. The lowest BCUT2D eigenvalue weighted by Crippen LogP contribution is -2.40. The number of benzene rings is 2. The second-order valence-corrected chi connectivity index (χ2v) is 8.74. The molecule has 2 aromatic rings. The summed E-state index contributed by atoms with van der Waals surface area (Å²) in [6, 6.07) is 15.1. The molecular formula is C25H33NO3. The van der Waals surface area contributed by atoms with Gasteiger partial charge in [0.25, 0.3) is 0 Å². The second kappa shape index (κ2) is 8.86. The summed E-state index contributed by atoms with van der Waals surface area (Å²) in [5, 5.41) is 9.54. The Morgan fingerprint density at radius 3 is 2.83 bits per heavy atom. The van der Waals surface area contributed by atoms with E-state index in [1.807, 2.05) is 19.1 Å². The molecule has 0 saturated heterocycles. The van der Waals surface area contributed by atoms with Crippen molar-refractivity contribution in [3.05, 3.63) is 64.7 Å². The van der Waals surface area contributed by atoms with Crippen molar-refractivity contribution in [1.82, 2.24) is 0 Å². The quantitative estimate of drug-likeness (QED) is 0.740. The lowest BCUT2D eigenvalue weighted by atomic mass is 9.85. The summed E-state index contributed by atoms with van der Waals surface area (Å²) >= 11 is 0. The van der Waals surface area contributed by atoms with Gasteiger partial charge in [0, 0.05) is 5.54 Å². The second-order valence-electron chi connectivity index (χ2n) is 8.74. The van der Waals surface area contributed by atoms with Crippen molar-refractivity contribution in [2.45, 2.75) is 69.6 Å². The molecule has 0 heterocycles. The van der Waals surface area contributed by atoms with Crippen LogP contribution in [0.5, 0.6) is 5.75 Å². The van der Waals surface area contributed by atoms with E-state index in [2.05, 4.69) is 30.3 Å². The lowest BCUT2D eigenvalue weighted by molar-refractivity contribution is 0.0318. The molecule has 2 aliphatic rings. The first kappa shape index (κ1) is 20.4. The maximum atomic E-state index is 9.54. The van der Waals surface area contributed by atoms with Crippen LogP contribution in [0, 0.1) is 0 Å². The fraction of sp³-hybridized carbons (Fsp3) is 0.520. The molecule has 3 atom stereocenters. The van der Waals surface area contributed by atoms with E-state index in [9.17, 15) is 5.11 Å². The number of hydrogen-bond acceptors (Lipinski definition) is 4. The maximum Gasteiger partial charge on any atom is 0.119 e. The van der Waals surface area contributed by atoms with Crippen LogP contribution in [0.3, 0.4) is 0 Å². The standard InChI is InChI=1S/C25H33NO3/c1-2-28-23-5-3-4-18(12-23)16-29-24-9-8-19-13-20(6-7-21(19)14-24)22-10-11-25(26,15-22)17-27/h3-7,12-13,22,24,27H,2,8-11,14-17,26H2,1H3/t22-,24+,25+/m0/s1. The molecule has 0 aromatic heterocycles. The van der Waals surface area contributed by atoms with Gasteiger partial charge >= 0.3 is 0 Å². The van der Waals surface area contributed by atoms with Gasteiger partial charge in [0.05, 0.1) is 25.9 Å². The number of rotatable bonds is 7. The van der Waals surface area contributed by atoms with E-state index in [1.165, 1.54) is 16.7 Å². The lowest BCUT2D eigenvalue weighted by Gasteiger charge is -2.26. The summed E-state index contributed by atoms with van der Waals surface area (Å²) < 4.78 is 11.8. The molecular weight excluding hydrogens is 362 g/mol. The van der Waals surface area contributed by atoms with Crippen LogP contribution in [0.1, 0.15) is 60.8 Å². The highest BCUT2D eigenvalue weighted by atomic mass is 16.5. The van der Waals surface area contributed by atoms with Gasteiger partial charge in [-0.1, -0.05) is 30.3 Å². The average molecular weight is 396 g/mol. The molecule has 0 spiro atoms. The third-order valence-corrected chi connectivity index (χ3v) is 6.54. The predicted molar refractivity (Wildman–Crippen MR) is 115 cm³/mol. The molecule has 2 aromatic carbocycles. The maximum absolute atomic E-state index is 9.54. The summed E-state index contributed by atoms with van der Waals surface area (Å²) in [7, 11) is 0. The number of aliphatic hydroxyl groups excluding tert-OH is 1.